The summed E-state index contributed by atoms with van der Waals surface area (Å²) < 4.78 is 5.50. The Bertz CT molecular complexity index is 1010. The average molecular weight is 394 g/mol. The maximum atomic E-state index is 12.5. The molecule has 1 atom stereocenters. The van der Waals surface area contributed by atoms with Crippen molar-refractivity contribution in [2.75, 3.05) is 32.8 Å². The van der Waals surface area contributed by atoms with Gasteiger partial charge in [0.1, 0.15) is 17.4 Å². The summed E-state index contributed by atoms with van der Waals surface area (Å²) in [6, 6.07) is 3.81. The number of hydrogen-bond donors (Lipinski definition) is 2. The molecule has 3 aliphatic heterocycles. The molecule has 0 spiro atoms. The third-order valence-electron chi connectivity index (χ3n) is 5.56. The lowest BCUT2D eigenvalue weighted by molar-refractivity contribution is -0.142. The van der Waals surface area contributed by atoms with Crippen molar-refractivity contribution in [1.82, 2.24) is 25.1 Å². The number of carbonyl (C=O) groups is 2. The Kier molecular flexibility index (Phi) is 4.51. The number of guanidine groups is 1. The zero-order chi connectivity index (χ0) is 19.8. The predicted octanol–water partition coefficient (Wildman–Crippen LogP) is 0.713. The van der Waals surface area contributed by atoms with Crippen LogP contribution < -0.4 is 5.32 Å². The van der Waals surface area contributed by atoms with Gasteiger partial charge in [0.15, 0.2) is 0 Å². The molecule has 9 heteroatoms. The molecule has 2 aromatic heterocycles. The average Bonchev–Trinajstić information content (AvgIpc) is 3.49. The van der Waals surface area contributed by atoms with Crippen LogP contribution in [-0.2, 0) is 14.3 Å². The maximum absolute atomic E-state index is 12.5. The third-order valence-corrected chi connectivity index (χ3v) is 5.56. The number of aliphatic imine (C=N–C) groups is 1. The lowest BCUT2D eigenvalue weighted by Crippen LogP contribution is -2.54. The van der Waals surface area contributed by atoms with E-state index in [4.69, 9.17) is 4.74 Å². The van der Waals surface area contributed by atoms with Gasteiger partial charge in [0, 0.05) is 56.1 Å². The van der Waals surface area contributed by atoms with Crippen molar-refractivity contribution < 1.29 is 14.3 Å². The normalized spacial score (nSPS) is 23.7. The molecule has 2 N–H and O–H groups in total. The number of amides is 2. The summed E-state index contributed by atoms with van der Waals surface area (Å²) in [5, 5.41) is 3.79. The van der Waals surface area contributed by atoms with E-state index >= 15 is 0 Å². The van der Waals surface area contributed by atoms with Gasteiger partial charge in [-0.3, -0.25) is 14.9 Å². The zero-order valence-electron chi connectivity index (χ0n) is 15.9. The van der Waals surface area contributed by atoms with Crippen LogP contribution in [0.25, 0.3) is 17.1 Å². The number of aromatic nitrogens is 2. The van der Waals surface area contributed by atoms with Crippen LogP contribution in [-0.4, -0.2) is 76.4 Å². The van der Waals surface area contributed by atoms with Gasteiger partial charge in [0.05, 0.1) is 0 Å². The molecule has 2 saturated heterocycles. The van der Waals surface area contributed by atoms with E-state index in [0.29, 0.717) is 44.4 Å². The van der Waals surface area contributed by atoms with Crippen LogP contribution >= 0.6 is 0 Å². The Morgan fingerprint density at radius 3 is 2.93 bits per heavy atom. The van der Waals surface area contributed by atoms with E-state index in [-0.39, 0.29) is 17.9 Å². The van der Waals surface area contributed by atoms with Gasteiger partial charge in [-0.1, -0.05) is 0 Å². The van der Waals surface area contributed by atoms with Gasteiger partial charge >= 0.3 is 0 Å². The van der Waals surface area contributed by atoms with E-state index in [1.54, 1.807) is 12.3 Å². The van der Waals surface area contributed by atoms with E-state index in [2.05, 4.69) is 20.3 Å². The highest BCUT2D eigenvalue weighted by Gasteiger charge is 2.32. The first-order valence-electron chi connectivity index (χ1n) is 9.88. The summed E-state index contributed by atoms with van der Waals surface area (Å²) in [5.74, 6) is 0.396. The third kappa shape index (κ3) is 3.38. The van der Waals surface area contributed by atoms with Crippen molar-refractivity contribution >= 4 is 34.9 Å². The molecular formula is C20H22N6O3. The SMILES string of the molecule is O=C1NC(N2CCN(C(=O)C3CCCO3)CC2)=N/C1=C\c1c[nH]c2ncccc12. The number of nitrogens with zero attached hydrogens (tertiary/aromatic N) is 4. The molecule has 1 unspecified atom stereocenters. The Balaban J connectivity index is 1.28. The molecule has 3 aliphatic rings. The number of pyridine rings is 1. The number of piperazine rings is 1. The lowest BCUT2D eigenvalue weighted by Gasteiger charge is -2.36. The predicted molar refractivity (Wildman–Crippen MR) is 107 cm³/mol. The molecule has 0 bridgehead atoms. The fraction of sp³-hybridized carbons (Fsp3) is 0.400. The van der Waals surface area contributed by atoms with Gasteiger partial charge in [-0.05, 0) is 31.1 Å². The molecule has 2 fully saturated rings. The van der Waals surface area contributed by atoms with Crippen LogP contribution in [0.2, 0.25) is 0 Å². The number of hydrogen-bond acceptors (Lipinski definition) is 6. The van der Waals surface area contributed by atoms with Crippen molar-refractivity contribution in [3.8, 4) is 0 Å². The van der Waals surface area contributed by atoms with E-state index < -0.39 is 0 Å². The minimum Gasteiger partial charge on any atom is -0.368 e. The number of carbonyl (C=O) groups excluding carboxylic acids is 2. The first-order chi connectivity index (χ1) is 14.2. The summed E-state index contributed by atoms with van der Waals surface area (Å²) in [4.78, 5) is 40.6. The molecule has 2 amide bonds. The highest BCUT2D eigenvalue weighted by molar-refractivity contribution is 6.14. The van der Waals surface area contributed by atoms with Crippen LogP contribution in [0, 0.1) is 0 Å². The van der Waals surface area contributed by atoms with Crippen molar-refractivity contribution in [1.29, 1.82) is 0 Å². The minimum absolute atomic E-state index is 0.0769. The summed E-state index contributed by atoms with van der Waals surface area (Å²) in [5.41, 5.74) is 2.01. The van der Waals surface area contributed by atoms with Crippen LogP contribution in [0.4, 0.5) is 0 Å². The smallest absolute Gasteiger partial charge is 0.276 e. The fourth-order valence-electron chi connectivity index (χ4n) is 3.96. The highest BCUT2D eigenvalue weighted by atomic mass is 16.5. The molecule has 5 rings (SSSR count). The van der Waals surface area contributed by atoms with Gasteiger partial charge in [-0.2, -0.15) is 0 Å². The maximum Gasteiger partial charge on any atom is 0.276 e. The first kappa shape index (κ1) is 17.9. The number of rotatable bonds is 2. The van der Waals surface area contributed by atoms with Crippen molar-refractivity contribution in [2.45, 2.75) is 18.9 Å². The van der Waals surface area contributed by atoms with Gasteiger partial charge < -0.3 is 19.5 Å². The Labute approximate surface area is 167 Å². The van der Waals surface area contributed by atoms with Crippen LogP contribution in [0.15, 0.2) is 35.2 Å². The van der Waals surface area contributed by atoms with E-state index in [1.807, 2.05) is 28.1 Å². The second-order valence-electron chi connectivity index (χ2n) is 7.38. The van der Waals surface area contributed by atoms with Crippen LogP contribution in [0.3, 0.4) is 0 Å². The topological polar surface area (TPSA) is 103 Å². The second-order valence-corrected chi connectivity index (χ2v) is 7.38. The van der Waals surface area contributed by atoms with Crippen molar-refractivity contribution in [3.05, 3.63) is 35.8 Å². The Morgan fingerprint density at radius 2 is 2.14 bits per heavy atom. The van der Waals surface area contributed by atoms with E-state index in [0.717, 1.165) is 29.4 Å². The Morgan fingerprint density at radius 1 is 1.28 bits per heavy atom. The molecule has 0 aromatic carbocycles. The largest absolute Gasteiger partial charge is 0.368 e. The summed E-state index contributed by atoms with van der Waals surface area (Å²) in [6.07, 6.45) is 6.77. The van der Waals surface area contributed by atoms with Gasteiger partial charge in [-0.25, -0.2) is 9.98 Å². The minimum atomic E-state index is -0.287. The first-order valence-corrected chi connectivity index (χ1v) is 9.88. The monoisotopic (exact) mass is 394 g/mol. The molecule has 9 nitrogen and oxygen atoms in total. The fourth-order valence-corrected chi connectivity index (χ4v) is 3.96. The van der Waals surface area contributed by atoms with E-state index in [1.165, 1.54) is 0 Å². The molecule has 5 heterocycles. The molecule has 29 heavy (non-hydrogen) atoms. The standard InChI is InChI=1S/C20H22N6O3/c27-18-15(11-13-12-22-17-14(13)3-1-5-21-17)23-20(24-18)26-8-6-25(7-9-26)19(28)16-4-2-10-29-16/h1,3,5,11-12,16H,2,4,6-10H2,(H,21,22)(H,23,24,27)/b15-11-. The van der Waals surface area contributed by atoms with Crippen molar-refractivity contribution in [3.63, 3.8) is 0 Å². The number of aromatic amines is 1. The summed E-state index contributed by atoms with van der Waals surface area (Å²) in [7, 11) is 0. The van der Waals surface area contributed by atoms with E-state index in [9.17, 15) is 9.59 Å². The molecule has 0 radical (unpaired) electrons. The van der Waals surface area contributed by atoms with Gasteiger partial charge in [0.25, 0.3) is 11.8 Å². The van der Waals surface area contributed by atoms with Gasteiger partial charge in [-0.15, -0.1) is 0 Å². The summed E-state index contributed by atoms with van der Waals surface area (Å²) >= 11 is 0. The van der Waals surface area contributed by atoms with Crippen molar-refractivity contribution in [2.24, 2.45) is 4.99 Å². The highest BCUT2D eigenvalue weighted by Crippen LogP contribution is 2.21. The molecular weight excluding hydrogens is 372 g/mol. The molecule has 2 aromatic rings. The number of nitrogens with one attached hydrogen (secondary N) is 2. The number of ether oxygens (including phenoxy) is 1. The molecule has 0 aliphatic carbocycles. The Hall–Kier alpha value is -3.20. The quantitative estimate of drug-likeness (QED) is 0.731. The molecule has 0 saturated carbocycles. The van der Waals surface area contributed by atoms with Gasteiger partial charge in [0.2, 0.25) is 5.96 Å². The second kappa shape index (κ2) is 7.32. The lowest BCUT2D eigenvalue weighted by atomic mass is 10.2. The summed E-state index contributed by atoms with van der Waals surface area (Å²) in [6.45, 7) is 3.12. The van der Waals surface area contributed by atoms with Crippen LogP contribution in [0.5, 0.6) is 0 Å². The number of fused-ring (bicyclic) bond motifs is 1. The number of H-pyrrole nitrogens is 1. The van der Waals surface area contributed by atoms with Crippen LogP contribution in [0.1, 0.15) is 18.4 Å². The molecule has 150 valence electrons. The zero-order valence-corrected chi connectivity index (χ0v) is 15.9.